The van der Waals surface area contributed by atoms with Gasteiger partial charge in [-0.1, -0.05) is 36.2 Å². The molecule has 1 aliphatic rings. The molecule has 0 aromatic heterocycles. The fourth-order valence-electron chi connectivity index (χ4n) is 2.66. The van der Waals surface area contributed by atoms with Crippen LogP contribution in [0.4, 0.5) is 0 Å². The molecule has 1 fully saturated rings. The summed E-state index contributed by atoms with van der Waals surface area (Å²) in [4.78, 5) is 12.1. The Kier molecular flexibility index (Phi) is 4.12. The molecule has 2 rings (SSSR count). The number of nitrogens with zero attached hydrogens (tertiary/aromatic N) is 1. The lowest BCUT2D eigenvalue weighted by Gasteiger charge is -2.28. The van der Waals surface area contributed by atoms with Crippen LogP contribution >= 0.6 is 0 Å². The van der Waals surface area contributed by atoms with Crippen LogP contribution in [-0.4, -0.2) is 27.6 Å². The fraction of sp³-hybridized carbons (Fsp3) is 0.429. The number of hydrogen-bond donors (Lipinski definition) is 4. The molecule has 5 N–H and O–H groups in total. The van der Waals surface area contributed by atoms with Crippen LogP contribution in [0, 0.1) is 0 Å². The number of rotatable bonds is 4. The summed E-state index contributed by atoms with van der Waals surface area (Å²) in [6.07, 6.45) is 3.23. The number of benzene rings is 1. The Balaban J connectivity index is 2.08. The third kappa shape index (κ3) is 2.84. The normalized spacial score (nSPS) is 17.9. The molecule has 0 atom stereocenters. The van der Waals surface area contributed by atoms with Crippen molar-refractivity contribution in [1.82, 2.24) is 5.32 Å². The van der Waals surface area contributed by atoms with E-state index in [1.807, 2.05) is 0 Å². The van der Waals surface area contributed by atoms with Crippen molar-refractivity contribution < 1.29 is 15.1 Å². The largest absolute Gasteiger partial charge is 0.508 e. The maximum atomic E-state index is 12.1. The molecule has 0 saturated heterocycles. The summed E-state index contributed by atoms with van der Waals surface area (Å²) in [6, 6.07) is 6.69. The number of para-hydroxylation sites is 1. The van der Waals surface area contributed by atoms with Crippen LogP contribution in [0.5, 0.6) is 5.75 Å². The van der Waals surface area contributed by atoms with Gasteiger partial charge in [-0.3, -0.25) is 4.79 Å². The minimum Gasteiger partial charge on any atom is -0.508 e. The number of hydrogen-bond acceptors (Lipinski definition) is 4. The second kappa shape index (κ2) is 5.81. The second-order valence-electron chi connectivity index (χ2n) is 5.13. The van der Waals surface area contributed by atoms with Crippen LogP contribution in [0.2, 0.25) is 0 Å². The molecule has 0 heterocycles. The highest BCUT2D eigenvalue weighted by Gasteiger charge is 2.39. The molecule has 1 aromatic carbocycles. The summed E-state index contributed by atoms with van der Waals surface area (Å²) in [6.45, 7) is 0. The number of amidine groups is 1. The van der Waals surface area contributed by atoms with Crippen LogP contribution in [-0.2, 0) is 11.2 Å². The van der Waals surface area contributed by atoms with Gasteiger partial charge in [-0.2, -0.15) is 0 Å². The van der Waals surface area contributed by atoms with Gasteiger partial charge in [-0.15, -0.1) is 0 Å². The zero-order chi connectivity index (χ0) is 14.6. The number of aromatic hydroxyl groups is 1. The van der Waals surface area contributed by atoms with Crippen LogP contribution in [0.15, 0.2) is 29.4 Å². The molecule has 1 amide bonds. The Bertz CT molecular complexity index is 522. The second-order valence-corrected chi connectivity index (χ2v) is 5.13. The summed E-state index contributed by atoms with van der Waals surface area (Å²) >= 11 is 0. The van der Waals surface area contributed by atoms with E-state index in [1.54, 1.807) is 18.2 Å². The third-order valence-corrected chi connectivity index (χ3v) is 3.78. The summed E-state index contributed by atoms with van der Waals surface area (Å²) in [7, 11) is 0. The predicted molar refractivity (Wildman–Crippen MR) is 74.6 cm³/mol. The lowest BCUT2D eigenvalue weighted by molar-refractivity contribution is -0.121. The van der Waals surface area contributed by atoms with Crippen LogP contribution in [0.1, 0.15) is 31.2 Å². The van der Waals surface area contributed by atoms with Gasteiger partial charge in [0.15, 0.2) is 5.84 Å². The van der Waals surface area contributed by atoms with Gasteiger partial charge in [0.25, 0.3) is 0 Å². The minimum absolute atomic E-state index is 0.0423. The Morgan fingerprint density at radius 3 is 2.60 bits per heavy atom. The van der Waals surface area contributed by atoms with E-state index in [2.05, 4.69) is 10.5 Å². The highest BCUT2D eigenvalue weighted by molar-refractivity contribution is 5.94. The van der Waals surface area contributed by atoms with E-state index in [0.717, 1.165) is 12.8 Å². The highest BCUT2D eigenvalue weighted by Crippen LogP contribution is 2.30. The van der Waals surface area contributed by atoms with Gasteiger partial charge in [0.2, 0.25) is 5.91 Å². The average molecular weight is 277 g/mol. The van der Waals surface area contributed by atoms with E-state index in [-0.39, 0.29) is 23.9 Å². The molecule has 6 heteroatoms. The van der Waals surface area contributed by atoms with E-state index >= 15 is 0 Å². The molecular formula is C14H19N3O3. The van der Waals surface area contributed by atoms with Crippen molar-refractivity contribution in [1.29, 1.82) is 0 Å². The van der Waals surface area contributed by atoms with E-state index in [9.17, 15) is 9.90 Å². The quantitative estimate of drug-likeness (QED) is 0.286. The Labute approximate surface area is 117 Å². The van der Waals surface area contributed by atoms with Crippen molar-refractivity contribution in [3.8, 4) is 5.75 Å². The SMILES string of the molecule is N/C(=N/O)C1(NC(=O)Cc2ccccc2O)CCCC1. The van der Waals surface area contributed by atoms with Gasteiger partial charge in [0.05, 0.1) is 6.42 Å². The maximum absolute atomic E-state index is 12.1. The highest BCUT2D eigenvalue weighted by atomic mass is 16.4. The molecule has 108 valence electrons. The Morgan fingerprint density at radius 1 is 1.35 bits per heavy atom. The maximum Gasteiger partial charge on any atom is 0.225 e. The molecule has 0 aliphatic heterocycles. The zero-order valence-electron chi connectivity index (χ0n) is 11.2. The van der Waals surface area contributed by atoms with E-state index in [4.69, 9.17) is 10.9 Å². The van der Waals surface area contributed by atoms with E-state index in [0.29, 0.717) is 18.4 Å². The van der Waals surface area contributed by atoms with Gasteiger partial charge in [0, 0.05) is 5.56 Å². The number of amides is 1. The van der Waals surface area contributed by atoms with Gasteiger partial charge in [-0.05, 0) is 18.9 Å². The van der Waals surface area contributed by atoms with Crippen molar-refractivity contribution in [2.75, 3.05) is 0 Å². The molecule has 6 nitrogen and oxygen atoms in total. The summed E-state index contributed by atoms with van der Waals surface area (Å²) < 4.78 is 0. The smallest absolute Gasteiger partial charge is 0.225 e. The van der Waals surface area contributed by atoms with Crippen molar-refractivity contribution >= 4 is 11.7 Å². The third-order valence-electron chi connectivity index (χ3n) is 3.78. The molecule has 20 heavy (non-hydrogen) atoms. The predicted octanol–water partition coefficient (Wildman–Crippen LogP) is 1.11. The first-order valence-electron chi connectivity index (χ1n) is 6.63. The molecule has 1 aliphatic carbocycles. The summed E-state index contributed by atoms with van der Waals surface area (Å²) in [5, 5.41) is 24.5. The molecule has 1 aromatic rings. The van der Waals surface area contributed by atoms with Gasteiger partial charge in [-0.25, -0.2) is 0 Å². The number of phenolic OH excluding ortho intramolecular Hbond substituents is 1. The summed E-state index contributed by atoms with van der Waals surface area (Å²) in [5.41, 5.74) is 5.52. The fourth-order valence-corrected chi connectivity index (χ4v) is 2.66. The molecule has 0 bridgehead atoms. The molecule has 0 spiro atoms. The van der Waals surface area contributed by atoms with Crippen LogP contribution in [0.3, 0.4) is 0 Å². The first-order chi connectivity index (χ1) is 9.57. The van der Waals surface area contributed by atoms with Gasteiger partial charge < -0.3 is 21.4 Å². The van der Waals surface area contributed by atoms with Gasteiger partial charge >= 0.3 is 0 Å². The van der Waals surface area contributed by atoms with Crippen molar-refractivity contribution in [3.63, 3.8) is 0 Å². The van der Waals surface area contributed by atoms with E-state index < -0.39 is 5.54 Å². The first kappa shape index (κ1) is 14.2. The Hall–Kier alpha value is -2.24. The molecule has 0 radical (unpaired) electrons. The molecular weight excluding hydrogens is 258 g/mol. The molecule has 0 unspecified atom stereocenters. The lowest BCUT2D eigenvalue weighted by atomic mass is 9.95. The molecule has 1 saturated carbocycles. The number of carbonyl (C=O) groups excluding carboxylic acids is 1. The Morgan fingerprint density at radius 2 is 2.00 bits per heavy atom. The van der Waals surface area contributed by atoms with Gasteiger partial charge in [0.1, 0.15) is 11.3 Å². The minimum atomic E-state index is -0.754. The summed E-state index contributed by atoms with van der Waals surface area (Å²) in [5.74, 6) is -0.118. The van der Waals surface area contributed by atoms with Crippen molar-refractivity contribution in [2.24, 2.45) is 10.9 Å². The zero-order valence-corrected chi connectivity index (χ0v) is 11.2. The lowest BCUT2D eigenvalue weighted by Crippen LogP contribution is -2.56. The number of carbonyl (C=O) groups is 1. The standard InChI is InChI=1S/C14H19N3O3/c15-13(17-20)14(7-3-4-8-14)16-12(19)9-10-5-1-2-6-11(10)18/h1-2,5-6,18,20H,3-4,7-9H2,(H2,15,17)(H,16,19). The number of nitrogens with one attached hydrogen (secondary N) is 1. The number of phenols is 1. The number of nitrogens with two attached hydrogens (primary N) is 1. The number of oxime groups is 1. The van der Waals surface area contributed by atoms with Crippen LogP contribution in [0.25, 0.3) is 0 Å². The van der Waals surface area contributed by atoms with Crippen LogP contribution < -0.4 is 11.1 Å². The van der Waals surface area contributed by atoms with Crippen molar-refractivity contribution in [2.45, 2.75) is 37.6 Å². The topological polar surface area (TPSA) is 108 Å². The van der Waals surface area contributed by atoms with Crippen molar-refractivity contribution in [3.05, 3.63) is 29.8 Å². The monoisotopic (exact) mass is 277 g/mol. The van der Waals surface area contributed by atoms with E-state index in [1.165, 1.54) is 6.07 Å². The average Bonchev–Trinajstić information content (AvgIpc) is 2.90. The first-order valence-corrected chi connectivity index (χ1v) is 6.63.